The van der Waals surface area contributed by atoms with Gasteiger partial charge in [0.25, 0.3) is 0 Å². The molecule has 2 fully saturated rings. The van der Waals surface area contributed by atoms with E-state index in [-0.39, 0.29) is 29.0 Å². The number of rotatable bonds is 4. The Hall–Kier alpha value is -2.20. The van der Waals surface area contributed by atoms with Crippen LogP contribution in [-0.2, 0) is 14.8 Å². The molecule has 0 aromatic carbocycles. The van der Waals surface area contributed by atoms with E-state index in [4.69, 9.17) is 4.52 Å². The highest BCUT2D eigenvalue weighted by molar-refractivity contribution is 7.89. The molecule has 2 saturated heterocycles. The van der Waals surface area contributed by atoms with Crippen LogP contribution in [0, 0.1) is 19.8 Å². The number of piperidine rings is 2. The first-order chi connectivity index (χ1) is 13.9. The Morgan fingerprint density at radius 2 is 1.93 bits per heavy atom. The van der Waals surface area contributed by atoms with Crippen LogP contribution in [0.3, 0.4) is 0 Å². The number of likely N-dealkylation sites (tertiary alicyclic amines) is 1. The van der Waals surface area contributed by atoms with Gasteiger partial charge in [-0.2, -0.15) is 4.31 Å². The molecule has 2 aliphatic heterocycles. The van der Waals surface area contributed by atoms with E-state index >= 15 is 0 Å². The minimum absolute atomic E-state index is 0.0627. The molecule has 0 spiro atoms. The summed E-state index contributed by atoms with van der Waals surface area (Å²) in [5, 5.41) is 3.77. The van der Waals surface area contributed by atoms with Crippen LogP contribution in [0.4, 0.5) is 0 Å². The fraction of sp³-hybridized carbons (Fsp3) is 0.632. The zero-order valence-corrected chi connectivity index (χ0v) is 17.6. The van der Waals surface area contributed by atoms with Gasteiger partial charge in [-0.3, -0.25) is 4.79 Å². The highest BCUT2D eigenvalue weighted by Crippen LogP contribution is 2.30. The Kier molecular flexibility index (Phi) is 5.48. The van der Waals surface area contributed by atoms with E-state index in [1.165, 1.54) is 4.31 Å². The molecule has 10 heteroatoms. The lowest BCUT2D eigenvalue weighted by molar-refractivity contribution is -0.138. The van der Waals surface area contributed by atoms with Crippen LogP contribution in [0.5, 0.6) is 0 Å². The van der Waals surface area contributed by atoms with Crippen molar-refractivity contribution in [2.75, 3.05) is 26.2 Å². The number of carbonyl (C=O) groups excluding carboxylic acids is 1. The Morgan fingerprint density at radius 3 is 2.55 bits per heavy atom. The molecule has 1 unspecified atom stereocenters. The van der Waals surface area contributed by atoms with E-state index < -0.39 is 10.0 Å². The molecule has 158 valence electrons. The first-order valence-corrected chi connectivity index (χ1v) is 11.5. The minimum atomic E-state index is -3.72. The summed E-state index contributed by atoms with van der Waals surface area (Å²) in [5.41, 5.74) is 0.359. The van der Waals surface area contributed by atoms with Crippen molar-refractivity contribution in [3.05, 3.63) is 30.2 Å². The lowest BCUT2D eigenvalue weighted by Gasteiger charge is -2.37. The molecule has 0 bridgehead atoms. The predicted molar refractivity (Wildman–Crippen MR) is 105 cm³/mol. The summed E-state index contributed by atoms with van der Waals surface area (Å²) in [7, 11) is -3.72. The molecule has 2 aliphatic rings. The Morgan fingerprint density at radius 1 is 1.17 bits per heavy atom. The van der Waals surface area contributed by atoms with Crippen molar-refractivity contribution in [3.63, 3.8) is 0 Å². The summed E-state index contributed by atoms with van der Waals surface area (Å²) in [5.74, 6) is 0.0501. The normalized spacial score (nSPS) is 22.1. The van der Waals surface area contributed by atoms with Gasteiger partial charge in [-0.1, -0.05) is 5.16 Å². The third-order valence-corrected chi connectivity index (χ3v) is 8.13. The molecule has 29 heavy (non-hydrogen) atoms. The molecule has 4 heterocycles. The predicted octanol–water partition coefficient (Wildman–Crippen LogP) is 1.75. The number of imidazole rings is 1. The molecule has 0 N–H and O–H groups in total. The summed E-state index contributed by atoms with van der Waals surface area (Å²) in [6.45, 7) is 5.24. The molecule has 9 nitrogen and oxygen atoms in total. The van der Waals surface area contributed by atoms with Crippen LogP contribution in [0.25, 0.3) is 0 Å². The molecular formula is C19H27N5O4S. The van der Waals surface area contributed by atoms with Gasteiger partial charge in [0.1, 0.15) is 10.6 Å². The van der Waals surface area contributed by atoms with E-state index in [0.29, 0.717) is 44.2 Å². The number of amides is 1. The van der Waals surface area contributed by atoms with Crippen LogP contribution >= 0.6 is 0 Å². The van der Waals surface area contributed by atoms with Crippen molar-refractivity contribution in [2.24, 2.45) is 5.92 Å². The van der Waals surface area contributed by atoms with E-state index in [9.17, 15) is 13.2 Å². The second-order valence-electron chi connectivity index (χ2n) is 7.92. The quantitative estimate of drug-likeness (QED) is 0.745. The Labute approximate surface area is 170 Å². The maximum absolute atomic E-state index is 13.1. The molecule has 0 saturated carbocycles. The zero-order chi connectivity index (χ0) is 20.6. The third-order valence-electron chi connectivity index (χ3n) is 6.02. The van der Waals surface area contributed by atoms with Crippen molar-refractivity contribution >= 4 is 15.9 Å². The monoisotopic (exact) mass is 421 g/mol. The first kappa shape index (κ1) is 20.1. The van der Waals surface area contributed by atoms with Crippen LogP contribution < -0.4 is 0 Å². The standard InChI is InChI=1S/C19H27N5O4S/c1-14-18(15(2)28-21-14)29(26,27)24-8-3-4-16(12-24)19(25)22-9-5-17(6-10-22)23-11-7-20-13-23/h7,11,13,16-17H,3-6,8-10,12H2,1-2H3. The topological polar surface area (TPSA) is 102 Å². The average Bonchev–Trinajstić information content (AvgIpc) is 3.38. The molecule has 1 amide bonds. The third kappa shape index (κ3) is 3.83. The highest BCUT2D eigenvalue weighted by atomic mass is 32.2. The molecule has 0 aliphatic carbocycles. The maximum Gasteiger partial charge on any atom is 0.248 e. The van der Waals surface area contributed by atoms with Crippen molar-refractivity contribution in [1.82, 2.24) is 23.9 Å². The van der Waals surface area contributed by atoms with Gasteiger partial charge in [0.2, 0.25) is 15.9 Å². The fourth-order valence-electron chi connectivity index (χ4n) is 4.46. The molecule has 2 aromatic rings. The van der Waals surface area contributed by atoms with Crippen LogP contribution in [-0.4, -0.2) is 64.4 Å². The number of sulfonamides is 1. The molecule has 4 rings (SSSR count). The van der Waals surface area contributed by atoms with Gasteiger partial charge in [0, 0.05) is 44.6 Å². The molecular weight excluding hydrogens is 394 g/mol. The number of nitrogens with zero attached hydrogens (tertiary/aromatic N) is 5. The Bertz CT molecular complexity index is 941. The average molecular weight is 422 g/mol. The molecule has 1 atom stereocenters. The summed E-state index contributed by atoms with van der Waals surface area (Å²) < 4.78 is 34.8. The largest absolute Gasteiger partial charge is 0.360 e. The SMILES string of the molecule is Cc1noc(C)c1S(=O)(=O)N1CCCC(C(=O)N2CCC(n3ccnc3)CC2)C1. The summed E-state index contributed by atoms with van der Waals surface area (Å²) in [4.78, 5) is 19.2. The van der Waals surface area contributed by atoms with Gasteiger partial charge in [0.05, 0.1) is 12.2 Å². The van der Waals surface area contributed by atoms with Gasteiger partial charge in [-0.25, -0.2) is 13.4 Å². The van der Waals surface area contributed by atoms with Gasteiger partial charge in [0.15, 0.2) is 5.76 Å². The van der Waals surface area contributed by atoms with Crippen molar-refractivity contribution in [3.8, 4) is 0 Å². The van der Waals surface area contributed by atoms with Crippen molar-refractivity contribution in [1.29, 1.82) is 0 Å². The minimum Gasteiger partial charge on any atom is -0.360 e. The second-order valence-corrected chi connectivity index (χ2v) is 9.80. The van der Waals surface area contributed by atoms with Crippen molar-refractivity contribution < 1.29 is 17.7 Å². The second kappa shape index (κ2) is 7.91. The van der Waals surface area contributed by atoms with Crippen LogP contribution in [0.1, 0.15) is 43.2 Å². The van der Waals surface area contributed by atoms with Gasteiger partial charge < -0.3 is 14.0 Å². The molecule has 0 radical (unpaired) electrons. The summed E-state index contributed by atoms with van der Waals surface area (Å²) in [6.07, 6.45) is 8.71. The number of hydrogen-bond acceptors (Lipinski definition) is 6. The smallest absolute Gasteiger partial charge is 0.248 e. The van der Waals surface area contributed by atoms with Gasteiger partial charge in [-0.05, 0) is 39.5 Å². The summed E-state index contributed by atoms with van der Waals surface area (Å²) in [6, 6.07) is 0.365. The molecule has 2 aromatic heterocycles. The number of aryl methyl sites for hydroxylation is 2. The van der Waals surface area contributed by atoms with Crippen LogP contribution in [0.15, 0.2) is 28.1 Å². The van der Waals surface area contributed by atoms with Crippen LogP contribution in [0.2, 0.25) is 0 Å². The first-order valence-electron chi connectivity index (χ1n) is 10.1. The van der Waals surface area contributed by atoms with Crippen molar-refractivity contribution in [2.45, 2.75) is 50.5 Å². The fourth-order valence-corrected chi connectivity index (χ4v) is 6.28. The van der Waals surface area contributed by atoms with E-state index in [2.05, 4.69) is 14.7 Å². The highest BCUT2D eigenvalue weighted by Gasteiger charge is 2.38. The van der Waals surface area contributed by atoms with E-state index in [1.54, 1.807) is 20.0 Å². The lowest BCUT2D eigenvalue weighted by Crippen LogP contribution is -2.48. The van der Waals surface area contributed by atoms with E-state index in [1.807, 2.05) is 17.4 Å². The number of carbonyl (C=O) groups is 1. The van der Waals surface area contributed by atoms with Gasteiger partial charge in [-0.15, -0.1) is 0 Å². The maximum atomic E-state index is 13.1. The lowest BCUT2D eigenvalue weighted by atomic mass is 9.96. The zero-order valence-electron chi connectivity index (χ0n) is 16.8. The van der Waals surface area contributed by atoms with Gasteiger partial charge >= 0.3 is 0 Å². The number of aromatic nitrogens is 3. The Balaban J connectivity index is 1.41. The number of hydrogen-bond donors (Lipinski definition) is 0. The van der Waals surface area contributed by atoms with E-state index in [0.717, 1.165) is 12.8 Å². The summed E-state index contributed by atoms with van der Waals surface area (Å²) >= 11 is 0.